The van der Waals surface area contributed by atoms with Gasteiger partial charge in [-0.25, -0.2) is 0 Å². The molecule has 0 aromatic heterocycles. The van der Waals surface area contributed by atoms with E-state index in [-0.39, 0.29) is 12.1 Å². The third-order valence-corrected chi connectivity index (χ3v) is 2.33. The molecular weight excluding hydrogens is 259 g/mol. The number of ether oxygens (including phenoxy) is 2. The van der Waals surface area contributed by atoms with E-state index in [4.69, 9.17) is 9.47 Å². The molecule has 1 aliphatic heterocycles. The summed E-state index contributed by atoms with van der Waals surface area (Å²) in [6, 6.07) is 0. The van der Waals surface area contributed by atoms with Gasteiger partial charge in [0.2, 0.25) is 0 Å². The van der Waals surface area contributed by atoms with Gasteiger partial charge < -0.3 is 9.47 Å². The molecule has 2 atom stereocenters. The molecule has 0 unspecified atom stereocenters. The zero-order valence-corrected chi connectivity index (χ0v) is 8.54. The molecule has 0 aliphatic carbocycles. The number of hydrogen-bond donors (Lipinski definition) is 0. The monoisotopic (exact) mass is 270 g/mol. The van der Waals surface area contributed by atoms with Crippen LogP contribution in [0.4, 0.5) is 0 Å². The van der Waals surface area contributed by atoms with Crippen molar-refractivity contribution in [1.82, 2.24) is 0 Å². The molecule has 0 radical (unpaired) electrons. The highest BCUT2D eigenvalue weighted by Gasteiger charge is 2.22. The van der Waals surface area contributed by atoms with Gasteiger partial charge in [0.25, 0.3) is 0 Å². The van der Waals surface area contributed by atoms with Crippen LogP contribution in [0.3, 0.4) is 0 Å². The first-order chi connectivity index (χ1) is 5.20. The molecule has 64 valence electrons. The number of rotatable bonds is 1. The largest absolute Gasteiger partial charge is 0.459 e. The van der Waals surface area contributed by atoms with Crippen LogP contribution in [-0.4, -0.2) is 29.2 Å². The van der Waals surface area contributed by atoms with Crippen LogP contribution in [0.15, 0.2) is 0 Å². The Morgan fingerprint density at radius 2 is 2.45 bits per heavy atom. The first-order valence-corrected chi connectivity index (χ1v) is 4.86. The van der Waals surface area contributed by atoms with E-state index in [2.05, 4.69) is 22.6 Å². The molecule has 1 saturated heterocycles. The van der Waals surface area contributed by atoms with E-state index in [0.29, 0.717) is 23.6 Å². The molecule has 0 aromatic carbocycles. The van der Waals surface area contributed by atoms with Crippen molar-refractivity contribution in [2.45, 2.75) is 23.4 Å². The predicted octanol–water partition coefficient (Wildman–Crippen LogP) is 1.14. The fourth-order valence-corrected chi connectivity index (χ4v) is 1.20. The summed E-state index contributed by atoms with van der Waals surface area (Å²) in [5.74, 6) is -0.143. The minimum atomic E-state index is -0.143. The molecule has 11 heavy (non-hydrogen) atoms. The summed E-state index contributed by atoms with van der Waals surface area (Å²) in [4.78, 5) is 10.9. The van der Waals surface area contributed by atoms with Gasteiger partial charge in [0.15, 0.2) is 0 Å². The highest BCUT2D eigenvalue weighted by molar-refractivity contribution is 14.1. The summed E-state index contributed by atoms with van der Waals surface area (Å²) < 4.78 is 10.6. The van der Waals surface area contributed by atoms with E-state index < -0.39 is 0 Å². The van der Waals surface area contributed by atoms with Crippen molar-refractivity contribution in [3.63, 3.8) is 0 Å². The standard InChI is InChI=1S/C7H11IO3/c1-5(8)6-4-10-3-2-7(9)11-6/h5-6H,2-4H2,1H3/t5-,6+/m0/s1. The van der Waals surface area contributed by atoms with Crippen molar-refractivity contribution in [1.29, 1.82) is 0 Å². The van der Waals surface area contributed by atoms with E-state index in [1.54, 1.807) is 0 Å². The lowest BCUT2D eigenvalue weighted by atomic mass is 10.3. The van der Waals surface area contributed by atoms with Crippen LogP contribution in [0.5, 0.6) is 0 Å². The maximum atomic E-state index is 10.9. The number of cyclic esters (lactones) is 1. The molecule has 1 heterocycles. The number of carbonyl (C=O) groups excluding carboxylic acids is 1. The molecule has 4 heteroatoms. The van der Waals surface area contributed by atoms with Gasteiger partial charge in [-0.05, 0) is 6.92 Å². The second-order valence-electron chi connectivity index (χ2n) is 2.53. The fraction of sp³-hybridized carbons (Fsp3) is 0.857. The summed E-state index contributed by atoms with van der Waals surface area (Å²) in [5.41, 5.74) is 0. The maximum Gasteiger partial charge on any atom is 0.308 e. The second kappa shape index (κ2) is 4.25. The lowest BCUT2D eigenvalue weighted by Gasteiger charge is -2.16. The van der Waals surface area contributed by atoms with E-state index in [1.807, 2.05) is 6.92 Å². The minimum Gasteiger partial charge on any atom is -0.459 e. The first-order valence-electron chi connectivity index (χ1n) is 3.61. The molecule has 0 N–H and O–H groups in total. The maximum absolute atomic E-state index is 10.9. The van der Waals surface area contributed by atoms with Gasteiger partial charge in [0.05, 0.1) is 19.6 Å². The predicted molar refractivity (Wildman–Crippen MR) is 48.8 cm³/mol. The topological polar surface area (TPSA) is 35.5 Å². The molecule has 1 fully saturated rings. The van der Waals surface area contributed by atoms with Crippen LogP contribution in [-0.2, 0) is 14.3 Å². The lowest BCUT2D eigenvalue weighted by molar-refractivity contribution is -0.147. The SMILES string of the molecule is C[C@H](I)[C@H]1COCCC(=O)O1. The summed E-state index contributed by atoms with van der Waals surface area (Å²) in [6.07, 6.45) is 0.324. The molecule has 0 amide bonds. The van der Waals surface area contributed by atoms with Gasteiger partial charge >= 0.3 is 5.97 Å². The van der Waals surface area contributed by atoms with Gasteiger partial charge in [0.1, 0.15) is 6.10 Å². The highest BCUT2D eigenvalue weighted by Crippen LogP contribution is 2.13. The Morgan fingerprint density at radius 3 is 3.09 bits per heavy atom. The van der Waals surface area contributed by atoms with E-state index >= 15 is 0 Å². The summed E-state index contributed by atoms with van der Waals surface area (Å²) in [5, 5.41) is 0. The van der Waals surface area contributed by atoms with Gasteiger partial charge in [-0.1, -0.05) is 22.6 Å². The summed E-state index contributed by atoms with van der Waals surface area (Å²) >= 11 is 2.23. The molecule has 0 spiro atoms. The number of alkyl halides is 1. The number of halogens is 1. The Kier molecular flexibility index (Phi) is 3.58. The van der Waals surface area contributed by atoms with Crippen LogP contribution in [0.1, 0.15) is 13.3 Å². The zero-order chi connectivity index (χ0) is 8.27. The first kappa shape index (κ1) is 9.25. The van der Waals surface area contributed by atoms with Gasteiger partial charge in [-0.3, -0.25) is 4.79 Å². The Bertz CT molecular complexity index is 147. The van der Waals surface area contributed by atoms with Crippen LogP contribution in [0.2, 0.25) is 0 Å². The number of hydrogen-bond acceptors (Lipinski definition) is 3. The Morgan fingerprint density at radius 1 is 1.73 bits per heavy atom. The zero-order valence-electron chi connectivity index (χ0n) is 6.38. The smallest absolute Gasteiger partial charge is 0.308 e. The van der Waals surface area contributed by atoms with Crippen molar-refractivity contribution >= 4 is 28.6 Å². The van der Waals surface area contributed by atoms with E-state index in [9.17, 15) is 4.79 Å². The quantitative estimate of drug-likeness (QED) is 0.407. The average Bonchev–Trinajstić information content (AvgIpc) is 2.13. The Labute approximate surface area is 79.6 Å². The lowest BCUT2D eigenvalue weighted by Crippen LogP contribution is -2.27. The van der Waals surface area contributed by atoms with Gasteiger partial charge in [-0.15, -0.1) is 0 Å². The fourth-order valence-electron chi connectivity index (χ4n) is 0.843. The van der Waals surface area contributed by atoms with Gasteiger partial charge in [-0.2, -0.15) is 0 Å². The summed E-state index contributed by atoms with van der Waals surface area (Å²) in [7, 11) is 0. The number of esters is 1. The third kappa shape index (κ3) is 2.94. The van der Waals surface area contributed by atoms with Gasteiger partial charge in [0, 0.05) is 3.92 Å². The minimum absolute atomic E-state index is 0.0643. The summed E-state index contributed by atoms with van der Waals surface area (Å²) in [6.45, 7) is 3.04. The van der Waals surface area contributed by atoms with Crippen molar-refractivity contribution in [2.24, 2.45) is 0 Å². The number of carbonyl (C=O) groups is 1. The second-order valence-corrected chi connectivity index (χ2v) is 4.50. The average molecular weight is 270 g/mol. The molecule has 1 aliphatic rings. The van der Waals surface area contributed by atoms with E-state index in [0.717, 1.165) is 0 Å². The molecule has 0 aromatic rings. The molecule has 1 rings (SSSR count). The molecule has 3 nitrogen and oxygen atoms in total. The van der Waals surface area contributed by atoms with Crippen LogP contribution in [0.25, 0.3) is 0 Å². The van der Waals surface area contributed by atoms with Crippen molar-refractivity contribution in [2.75, 3.05) is 13.2 Å². The van der Waals surface area contributed by atoms with Crippen molar-refractivity contribution in [3.8, 4) is 0 Å². The Balaban J connectivity index is 2.45. The normalized spacial score (nSPS) is 28.9. The van der Waals surface area contributed by atoms with Crippen molar-refractivity contribution in [3.05, 3.63) is 0 Å². The molecular formula is C7H11IO3. The molecule has 0 bridgehead atoms. The molecule has 0 saturated carbocycles. The third-order valence-electron chi connectivity index (χ3n) is 1.53. The Hall–Kier alpha value is 0.160. The van der Waals surface area contributed by atoms with Crippen LogP contribution < -0.4 is 0 Å². The van der Waals surface area contributed by atoms with Crippen LogP contribution in [0, 0.1) is 0 Å². The highest BCUT2D eigenvalue weighted by atomic mass is 127. The van der Waals surface area contributed by atoms with E-state index in [1.165, 1.54) is 0 Å². The van der Waals surface area contributed by atoms with Crippen molar-refractivity contribution < 1.29 is 14.3 Å². The van der Waals surface area contributed by atoms with Crippen LogP contribution >= 0.6 is 22.6 Å².